The molecule has 220 valence electrons. The third-order valence-electron chi connectivity index (χ3n) is 5.81. The highest BCUT2D eigenvalue weighted by Gasteiger charge is 2.26. The lowest BCUT2D eigenvalue weighted by molar-refractivity contribution is -0.371. The molecule has 0 aliphatic heterocycles. The van der Waals surface area contributed by atoms with Crippen LogP contribution in [0.1, 0.15) is 116 Å². The second-order valence-corrected chi connectivity index (χ2v) is 10.9. The normalized spacial score (nSPS) is 13.7. The SMILES string of the molecule is [CH2-]CCCCCCCCCCCC(=O)OC[C@H](COP(=O)(O)OCC[NH3+])OC(=O)CCCCCCC[CH2-]. The Morgan fingerprint density at radius 1 is 0.703 bits per heavy atom. The van der Waals surface area contributed by atoms with E-state index in [-0.39, 0.29) is 32.0 Å². The van der Waals surface area contributed by atoms with Crippen molar-refractivity contribution in [2.45, 2.75) is 122 Å². The van der Waals surface area contributed by atoms with Gasteiger partial charge in [0.1, 0.15) is 13.2 Å². The molecule has 0 saturated carbocycles. The standard InChI is InChI=1S/C27H52NO8P/c1-3-5-7-9-11-12-13-14-16-17-19-26(29)33-23-25(24-35-37(31,32)34-22-21-28)36-27(30)20-18-15-10-8-6-4-2/h25H,1-24,28H2,(H,31,32)/q-2/p+1/t25-/m1/s1. The van der Waals surface area contributed by atoms with Gasteiger partial charge in [-0.05, 0) is 12.8 Å². The minimum absolute atomic E-state index is 0.0438. The van der Waals surface area contributed by atoms with Crippen LogP contribution in [0.4, 0.5) is 0 Å². The highest BCUT2D eigenvalue weighted by Crippen LogP contribution is 2.43. The summed E-state index contributed by atoms with van der Waals surface area (Å²) < 4.78 is 32.3. The molecule has 0 aromatic carbocycles. The average Bonchev–Trinajstić information content (AvgIpc) is 2.87. The summed E-state index contributed by atoms with van der Waals surface area (Å²) in [4.78, 5) is 34.1. The number of carbonyl (C=O) groups excluding carboxylic acids is 2. The monoisotopic (exact) mass is 550 g/mol. The molecule has 0 aliphatic rings. The molecule has 0 aliphatic carbocycles. The molecule has 1 unspecified atom stereocenters. The molecule has 0 amide bonds. The first kappa shape index (κ1) is 36.0. The fraction of sp³-hybridized carbons (Fsp3) is 0.852. The van der Waals surface area contributed by atoms with Crippen molar-refractivity contribution >= 4 is 19.8 Å². The Bertz CT molecular complexity index is 605. The van der Waals surface area contributed by atoms with Crippen LogP contribution in [0.25, 0.3) is 0 Å². The smallest absolute Gasteiger partial charge is 0.462 e. The minimum Gasteiger partial charge on any atom is -0.462 e. The van der Waals surface area contributed by atoms with E-state index in [9.17, 15) is 19.0 Å². The number of ether oxygens (including phenoxy) is 2. The lowest BCUT2D eigenvalue weighted by Crippen LogP contribution is -2.52. The third-order valence-corrected chi connectivity index (χ3v) is 6.80. The Kier molecular flexibility index (Phi) is 24.6. The maximum Gasteiger partial charge on any atom is 0.472 e. The van der Waals surface area contributed by atoms with Gasteiger partial charge in [-0.1, -0.05) is 77.0 Å². The van der Waals surface area contributed by atoms with Crippen molar-refractivity contribution in [3.05, 3.63) is 13.8 Å². The van der Waals surface area contributed by atoms with Crippen LogP contribution in [0.3, 0.4) is 0 Å². The molecule has 0 heterocycles. The van der Waals surface area contributed by atoms with Crippen LogP contribution >= 0.6 is 7.82 Å². The van der Waals surface area contributed by atoms with E-state index in [0.717, 1.165) is 57.8 Å². The maximum atomic E-state index is 12.3. The topological polar surface area (TPSA) is 136 Å². The molecular formula is C27H53NO8P-. The zero-order valence-electron chi connectivity index (χ0n) is 23.0. The first-order chi connectivity index (χ1) is 17.8. The summed E-state index contributed by atoms with van der Waals surface area (Å²) in [5, 5.41) is 0. The van der Waals surface area contributed by atoms with Crippen molar-refractivity contribution in [2.75, 3.05) is 26.4 Å². The summed E-state index contributed by atoms with van der Waals surface area (Å²) in [6.07, 6.45) is 16.4. The van der Waals surface area contributed by atoms with E-state index in [1.165, 1.54) is 38.5 Å². The Morgan fingerprint density at radius 3 is 1.65 bits per heavy atom. The van der Waals surface area contributed by atoms with Crippen LogP contribution in [0.15, 0.2) is 0 Å². The van der Waals surface area contributed by atoms with Gasteiger partial charge >= 0.3 is 19.8 Å². The number of unbranched alkanes of at least 4 members (excludes halogenated alkanes) is 14. The highest BCUT2D eigenvalue weighted by molar-refractivity contribution is 7.47. The molecule has 0 aromatic rings. The quantitative estimate of drug-likeness (QED) is 0.0592. The number of phosphoric acid groups is 1. The van der Waals surface area contributed by atoms with E-state index in [2.05, 4.69) is 19.6 Å². The van der Waals surface area contributed by atoms with E-state index in [1.807, 2.05) is 0 Å². The van der Waals surface area contributed by atoms with Gasteiger partial charge in [0.15, 0.2) is 6.10 Å². The van der Waals surface area contributed by atoms with Gasteiger partial charge < -0.3 is 33.9 Å². The van der Waals surface area contributed by atoms with Crippen LogP contribution < -0.4 is 5.73 Å². The van der Waals surface area contributed by atoms with Crippen LogP contribution in [0.5, 0.6) is 0 Å². The number of hydrogen-bond donors (Lipinski definition) is 2. The average molecular weight is 551 g/mol. The second-order valence-electron chi connectivity index (χ2n) is 9.40. The maximum absolute atomic E-state index is 12.3. The lowest BCUT2D eigenvalue weighted by Gasteiger charge is -2.19. The van der Waals surface area contributed by atoms with E-state index in [1.54, 1.807) is 0 Å². The summed E-state index contributed by atoms with van der Waals surface area (Å²) >= 11 is 0. The van der Waals surface area contributed by atoms with Gasteiger partial charge in [0.2, 0.25) is 0 Å². The Balaban J connectivity index is 4.32. The van der Waals surface area contributed by atoms with Crippen LogP contribution in [0, 0.1) is 13.8 Å². The fourth-order valence-corrected chi connectivity index (χ4v) is 4.46. The predicted molar refractivity (Wildman–Crippen MR) is 144 cm³/mol. The predicted octanol–water partition coefficient (Wildman–Crippen LogP) is 5.51. The summed E-state index contributed by atoms with van der Waals surface area (Å²) in [5.41, 5.74) is 3.54. The first-order valence-corrected chi connectivity index (χ1v) is 15.7. The molecule has 9 nitrogen and oxygen atoms in total. The molecule has 2 atom stereocenters. The third kappa shape index (κ3) is 25.1. The molecule has 37 heavy (non-hydrogen) atoms. The summed E-state index contributed by atoms with van der Waals surface area (Å²) in [5.74, 6) is -0.847. The Labute approximate surface area is 225 Å². The summed E-state index contributed by atoms with van der Waals surface area (Å²) in [6.45, 7) is 7.27. The van der Waals surface area contributed by atoms with Gasteiger partial charge in [-0.2, -0.15) is 12.8 Å². The number of hydrogen-bond acceptors (Lipinski definition) is 7. The van der Waals surface area contributed by atoms with Crippen molar-refractivity contribution in [2.24, 2.45) is 0 Å². The van der Waals surface area contributed by atoms with Crippen molar-refractivity contribution in [3.63, 3.8) is 0 Å². The number of rotatable bonds is 27. The van der Waals surface area contributed by atoms with Crippen molar-refractivity contribution < 1.29 is 43.3 Å². The molecule has 0 saturated heterocycles. The van der Waals surface area contributed by atoms with Gasteiger partial charge in [-0.25, -0.2) is 4.57 Å². The van der Waals surface area contributed by atoms with E-state index in [0.29, 0.717) is 13.0 Å². The number of quaternary nitrogens is 1. The zero-order chi connectivity index (χ0) is 27.6. The molecule has 10 heteroatoms. The van der Waals surface area contributed by atoms with Crippen LogP contribution in [0.2, 0.25) is 0 Å². The fourth-order valence-electron chi connectivity index (χ4n) is 3.67. The first-order valence-electron chi connectivity index (χ1n) is 14.2. The number of carbonyl (C=O) groups is 2. The molecule has 0 rings (SSSR count). The zero-order valence-corrected chi connectivity index (χ0v) is 23.9. The Morgan fingerprint density at radius 2 is 1.16 bits per heavy atom. The summed E-state index contributed by atoms with van der Waals surface area (Å²) in [7, 11) is -4.31. The molecule has 0 aromatic heterocycles. The molecular weight excluding hydrogens is 497 g/mol. The molecule has 0 bridgehead atoms. The van der Waals surface area contributed by atoms with Crippen LogP contribution in [-0.2, 0) is 32.7 Å². The van der Waals surface area contributed by atoms with Gasteiger partial charge in [0.25, 0.3) is 0 Å². The number of phosphoric ester groups is 1. The highest BCUT2D eigenvalue weighted by atomic mass is 31.2. The molecule has 0 fully saturated rings. The van der Waals surface area contributed by atoms with Crippen molar-refractivity contribution in [1.29, 1.82) is 0 Å². The minimum atomic E-state index is -4.31. The largest absolute Gasteiger partial charge is 0.472 e. The second kappa shape index (κ2) is 25.3. The van der Waals surface area contributed by atoms with E-state index in [4.69, 9.17) is 18.5 Å². The van der Waals surface area contributed by atoms with Crippen molar-refractivity contribution in [1.82, 2.24) is 0 Å². The molecule has 0 spiro atoms. The van der Waals surface area contributed by atoms with Crippen molar-refractivity contribution in [3.8, 4) is 0 Å². The Hall–Kier alpha value is -0.990. The molecule has 0 radical (unpaired) electrons. The van der Waals surface area contributed by atoms with E-state index >= 15 is 0 Å². The van der Waals surface area contributed by atoms with E-state index < -0.39 is 26.5 Å². The van der Waals surface area contributed by atoms with Gasteiger partial charge in [0, 0.05) is 12.8 Å². The lowest BCUT2D eigenvalue weighted by atomic mass is 10.1. The number of esters is 2. The van der Waals surface area contributed by atoms with Gasteiger partial charge in [-0.15, -0.1) is 0 Å². The summed E-state index contributed by atoms with van der Waals surface area (Å²) in [6, 6.07) is 0. The van der Waals surface area contributed by atoms with Crippen LogP contribution in [-0.4, -0.2) is 49.3 Å². The molecule has 4 N–H and O–H groups in total. The van der Waals surface area contributed by atoms with Gasteiger partial charge in [-0.3, -0.25) is 18.6 Å². The van der Waals surface area contributed by atoms with Gasteiger partial charge in [0.05, 0.1) is 13.2 Å².